The summed E-state index contributed by atoms with van der Waals surface area (Å²) in [5.41, 5.74) is 0. The summed E-state index contributed by atoms with van der Waals surface area (Å²) >= 11 is 0. The zero-order chi connectivity index (χ0) is 7.82. The number of esters is 1. The fourth-order valence-electron chi connectivity index (χ4n) is 0.462. The average Bonchev–Trinajstić information content (AvgIpc) is 1.89. The van der Waals surface area contributed by atoms with E-state index in [0.29, 0.717) is 13.2 Å². The molecule has 0 aliphatic heterocycles. The molecule has 0 amide bonds. The molecule has 0 rings (SSSR count). The third kappa shape index (κ3) is 5.53. The molecule has 0 aliphatic carbocycles. The molecule has 4 heteroatoms. The van der Waals surface area contributed by atoms with Gasteiger partial charge in [0.15, 0.2) is 0 Å². The van der Waals surface area contributed by atoms with Crippen LogP contribution in [0, 0.1) is 0 Å². The molecule has 0 atom stereocenters. The maximum atomic E-state index is 10.6. The fourth-order valence-corrected chi connectivity index (χ4v) is 0.462. The molecule has 60 valence electrons. The first-order valence-electron chi connectivity index (χ1n) is 3.26. The van der Waals surface area contributed by atoms with Crippen molar-refractivity contribution >= 4 is 5.97 Å². The van der Waals surface area contributed by atoms with Crippen LogP contribution in [0.4, 0.5) is 0 Å². The molecule has 0 spiro atoms. The van der Waals surface area contributed by atoms with E-state index in [0.717, 1.165) is 0 Å². The zero-order valence-electron chi connectivity index (χ0n) is 6.44. The van der Waals surface area contributed by atoms with Crippen molar-refractivity contribution < 1.29 is 9.53 Å². The highest BCUT2D eigenvalue weighted by atomic mass is 16.5. The van der Waals surface area contributed by atoms with Gasteiger partial charge in [-0.15, -0.1) is 0 Å². The minimum absolute atomic E-state index is 0.210. The molecular formula is C6H14N2O2. The summed E-state index contributed by atoms with van der Waals surface area (Å²) in [5.74, 6) is -0.210. The first kappa shape index (κ1) is 9.39. The maximum Gasteiger partial charge on any atom is 0.319 e. The van der Waals surface area contributed by atoms with Gasteiger partial charge in [-0.05, 0) is 14.1 Å². The van der Waals surface area contributed by atoms with E-state index in [-0.39, 0.29) is 12.5 Å². The van der Waals surface area contributed by atoms with Gasteiger partial charge in [0, 0.05) is 6.54 Å². The summed E-state index contributed by atoms with van der Waals surface area (Å²) < 4.78 is 4.76. The van der Waals surface area contributed by atoms with Gasteiger partial charge in [0.25, 0.3) is 0 Å². The monoisotopic (exact) mass is 146 g/mol. The van der Waals surface area contributed by atoms with E-state index in [1.165, 1.54) is 0 Å². The smallest absolute Gasteiger partial charge is 0.319 e. The first-order valence-corrected chi connectivity index (χ1v) is 3.26. The standard InChI is InChI=1S/C6H14N2O2/c1-7-3-4-10-6(9)5-8-2/h7-8H,3-5H2,1-2H3. The fraction of sp³-hybridized carbons (Fsp3) is 0.833. The number of rotatable bonds is 5. The lowest BCUT2D eigenvalue weighted by Crippen LogP contribution is -2.24. The summed E-state index contributed by atoms with van der Waals surface area (Å²) in [7, 11) is 3.52. The van der Waals surface area contributed by atoms with Crippen LogP contribution in [0.1, 0.15) is 0 Å². The highest BCUT2D eigenvalue weighted by molar-refractivity contribution is 5.71. The van der Waals surface area contributed by atoms with Crippen LogP contribution < -0.4 is 10.6 Å². The van der Waals surface area contributed by atoms with Crippen molar-refractivity contribution in [3.05, 3.63) is 0 Å². The predicted molar refractivity (Wildman–Crippen MR) is 38.8 cm³/mol. The van der Waals surface area contributed by atoms with Crippen LogP contribution in [-0.2, 0) is 9.53 Å². The molecule has 0 saturated carbocycles. The second-order valence-electron chi connectivity index (χ2n) is 1.85. The molecule has 0 saturated heterocycles. The summed E-state index contributed by atoms with van der Waals surface area (Å²) in [4.78, 5) is 10.6. The van der Waals surface area contributed by atoms with Crippen LogP contribution in [0.2, 0.25) is 0 Å². The zero-order valence-corrected chi connectivity index (χ0v) is 6.44. The SMILES string of the molecule is CNCCOC(=O)CNC. The maximum absolute atomic E-state index is 10.6. The molecule has 0 unspecified atom stereocenters. The molecule has 0 heterocycles. The summed E-state index contributed by atoms with van der Waals surface area (Å²) in [6.07, 6.45) is 0. The lowest BCUT2D eigenvalue weighted by Gasteiger charge is -2.02. The molecule has 4 nitrogen and oxygen atoms in total. The van der Waals surface area contributed by atoms with E-state index in [4.69, 9.17) is 4.74 Å². The van der Waals surface area contributed by atoms with E-state index < -0.39 is 0 Å². The van der Waals surface area contributed by atoms with Gasteiger partial charge in [0.2, 0.25) is 0 Å². The summed E-state index contributed by atoms with van der Waals surface area (Å²) in [6.45, 7) is 1.43. The first-order chi connectivity index (χ1) is 4.81. The highest BCUT2D eigenvalue weighted by Crippen LogP contribution is 1.73. The van der Waals surface area contributed by atoms with E-state index >= 15 is 0 Å². The molecule has 0 aliphatic rings. The van der Waals surface area contributed by atoms with Crippen LogP contribution >= 0.6 is 0 Å². The Balaban J connectivity index is 3.05. The third-order valence-electron chi connectivity index (χ3n) is 0.936. The predicted octanol–water partition coefficient (Wildman–Crippen LogP) is -1.03. The van der Waals surface area contributed by atoms with Crippen molar-refractivity contribution in [1.82, 2.24) is 10.6 Å². The topological polar surface area (TPSA) is 50.4 Å². The lowest BCUT2D eigenvalue weighted by atomic mass is 10.6. The number of ether oxygens (including phenoxy) is 1. The molecular weight excluding hydrogens is 132 g/mol. The number of nitrogens with one attached hydrogen (secondary N) is 2. The Bertz CT molecular complexity index is 95.7. The van der Waals surface area contributed by atoms with Crippen molar-refractivity contribution in [2.24, 2.45) is 0 Å². The van der Waals surface area contributed by atoms with Crippen molar-refractivity contribution in [2.75, 3.05) is 33.8 Å². The average molecular weight is 146 g/mol. The van der Waals surface area contributed by atoms with Gasteiger partial charge in [-0.3, -0.25) is 4.79 Å². The van der Waals surface area contributed by atoms with Crippen molar-refractivity contribution in [3.63, 3.8) is 0 Å². The van der Waals surface area contributed by atoms with Crippen molar-refractivity contribution in [3.8, 4) is 0 Å². The van der Waals surface area contributed by atoms with Gasteiger partial charge < -0.3 is 15.4 Å². The van der Waals surface area contributed by atoms with Crippen LogP contribution in [0.3, 0.4) is 0 Å². The second-order valence-corrected chi connectivity index (χ2v) is 1.85. The molecule has 0 fully saturated rings. The second kappa shape index (κ2) is 6.51. The lowest BCUT2D eigenvalue weighted by molar-refractivity contribution is -0.142. The molecule has 0 bridgehead atoms. The van der Waals surface area contributed by atoms with Gasteiger partial charge in [0.1, 0.15) is 6.61 Å². The van der Waals surface area contributed by atoms with Crippen LogP contribution in [0.25, 0.3) is 0 Å². The normalized spacial score (nSPS) is 9.40. The molecule has 0 aromatic rings. The number of likely N-dealkylation sites (N-methyl/N-ethyl adjacent to an activating group) is 2. The summed E-state index contributed by atoms with van der Waals surface area (Å²) in [6, 6.07) is 0. The van der Waals surface area contributed by atoms with E-state index in [1.807, 2.05) is 7.05 Å². The van der Waals surface area contributed by atoms with Crippen molar-refractivity contribution in [2.45, 2.75) is 0 Å². The molecule has 0 aromatic carbocycles. The number of hydrogen-bond donors (Lipinski definition) is 2. The molecule has 10 heavy (non-hydrogen) atoms. The van der Waals surface area contributed by atoms with Crippen molar-refractivity contribution in [1.29, 1.82) is 0 Å². The van der Waals surface area contributed by atoms with Gasteiger partial charge in [-0.25, -0.2) is 0 Å². The Morgan fingerprint density at radius 3 is 2.60 bits per heavy atom. The molecule has 0 radical (unpaired) electrons. The third-order valence-corrected chi connectivity index (χ3v) is 0.936. The van der Waals surface area contributed by atoms with E-state index in [9.17, 15) is 4.79 Å². The largest absolute Gasteiger partial charge is 0.463 e. The minimum Gasteiger partial charge on any atom is -0.463 e. The molecule has 0 aromatic heterocycles. The number of carbonyl (C=O) groups is 1. The minimum atomic E-state index is -0.210. The Morgan fingerprint density at radius 1 is 1.40 bits per heavy atom. The Morgan fingerprint density at radius 2 is 2.10 bits per heavy atom. The number of carbonyl (C=O) groups excluding carboxylic acids is 1. The molecule has 2 N–H and O–H groups in total. The van der Waals surface area contributed by atoms with Crippen LogP contribution in [0.15, 0.2) is 0 Å². The Labute approximate surface area is 60.9 Å². The van der Waals surface area contributed by atoms with Gasteiger partial charge in [-0.1, -0.05) is 0 Å². The Hall–Kier alpha value is -0.610. The van der Waals surface area contributed by atoms with E-state index in [1.54, 1.807) is 7.05 Å². The van der Waals surface area contributed by atoms with Gasteiger partial charge >= 0.3 is 5.97 Å². The quantitative estimate of drug-likeness (QED) is 0.384. The van der Waals surface area contributed by atoms with Crippen LogP contribution in [0.5, 0.6) is 0 Å². The highest BCUT2D eigenvalue weighted by Gasteiger charge is 1.97. The summed E-state index contributed by atoms with van der Waals surface area (Å²) in [5, 5.41) is 5.57. The van der Waals surface area contributed by atoms with E-state index in [2.05, 4.69) is 10.6 Å². The Kier molecular flexibility index (Phi) is 6.11. The van der Waals surface area contributed by atoms with Gasteiger partial charge in [0.05, 0.1) is 6.54 Å². The van der Waals surface area contributed by atoms with Gasteiger partial charge in [-0.2, -0.15) is 0 Å². The number of hydrogen-bond acceptors (Lipinski definition) is 4. The van der Waals surface area contributed by atoms with Crippen LogP contribution in [-0.4, -0.2) is 39.8 Å².